The second-order valence-corrected chi connectivity index (χ2v) is 3.75. The van der Waals surface area contributed by atoms with Crippen LogP contribution in [0.3, 0.4) is 0 Å². The lowest BCUT2D eigenvalue weighted by Gasteiger charge is -2.11. The fourth-order valence-electron chi connectivity index (χ4n) is 1.51. The summed E-state index contributed by atoms with van der Waals surface area (Å²) < 4.78 is 0. The quantitative estimate of drug-likeness (QED) is 0.725. The van der Waals surface area contributed by atoms with Crippen LogP contribution in [-0.2, 0) is 11.3 Å². The van der Waals surface area contributed by atoms with Crippen molar-refractivity contribution in [3.8, 4) is 0 Å². The Morgan fingerprint density at radius 1 is 1.43 bits per heavy atom. The Morgan fingerprint density at radius 3 is 2.86 bits per heavy atom. The Labute approximate surface area is 86.2 Å². The molecule has 1 aromatic carbocycles. The van der Waals surface area contributed by atoms with E-state index in [1.807, 2.05) is 0 Å². The highest BCUT2D eigenvalue weighted by atomic mass is 16.6. The first kappa shape index (κ1) is 11.2. The van der Waals surface area contributed by atoms with Gasteiger partial charge in [0, 0.05) is 6.04 Å². The summed E-state index contributed by atoms with van der Waals surface area (Å²) in [4.78, 5) is 4.87. The van der Waals surface area contributed by atoms with Gasteiger partial charge in [-0.15, -0.1) is 0 Å². The zero-order valence-corrected chi connectivity index (χ0v) is 9.21. The zero-order valence-electron chi connectivity index (χ0n) is 9.21. The maximum Gasteiger partial charge on any atom is 0.0572 e. The van der Waals surface area contributed by atoms with Crippen LogP contribution in [0.25, 0.3) is 0 Å². The average Bonchev–Trinajstić information content (AvgIpc) is 2.15. The van der Waals surface area contributed by atoms with Crippen LogP contribution < -0.4 is 5.48 Å². The van der Waals surface area contributed by atoms with Crippen LogP contribution in [0.2, 0.25) is 0 Å². The van der Waals surface area contributed by atoms with E-state index >= 15 is 0 Å². The van der Waals surface area contributed by atoms with E-state index in [2.05, 4.69) is 43.6 Å². The third kappa shape index (κ3) is 3.90. The van der Waals surface area contributed by atoms with Crippen LogP contribution in [0.5, 0.6) is 0 Å². The highest BCUT2D eigenvalue weighted by Gasteiger charge is 2.01. The smallest absolute Gasteiger partial charge is 0.0572 e. The molecule has 2 heteroatoms. The Morgan fingerprint density at radius 2 is 2.21 bits per heavy atom. The van der Waals surface area contributed by atoms with Gasteiger partial charge in [0.1, 0.15) is 0 Å². The van der Waals surface area contributed by atoms with Gasteiger partial charge in [0.2, 0.25) is 0 Å². The monoisotopic (exact) mass is 193 g/mol. The van der Waals surface area contributed by atoms with E-state index < -0.39 is 0 Å². The lowest BCUT2D eigenvalue weighted by atomic mass is 10.0. The first-order chi connectivity index (χ1) is 6.72. The molecule has 0 saturated heterocycles. The molecule has 0 heterocycles. The molecule has 0 aliphatic rings. The Kier molecular flexibility index (Phi) is 4.63. The van der Waals surface area contributed by atoms with Gasteiger partial charge < -0.3 is 4.84 Å². The third-order valence-electron chi connectivity index (χ3n) is 2.27. The minimum Gasteiger partial charge on any atom is -0.305 e. The summed E-state index contributed by atoms with van der Waals surface area (Å²) in [6.45, 7) is 4.25. The first-order valence-corrected chi connectivity index (χ1v) is 5.06. The molecule has 1 N–H and O–H groups in total. The van der Waals surface area contributed by atoms with E-state index in [0.29, 0.717) is 6.04 Å². The number of hydroxylamine groups is 1. The Balaban J connectivity index is 2.37. The van der Waals surface area contributed by atoms with Crippen molar-refractivity contribution in [2.75, 3.05) is 7.11 Å². The number of hydrogen-bond acceptors (Lipinski definition) is 2. The van der Waals surface area contributed by atoms with Gasteiger partial charge in [0.15, 0.2) is 0 Å². The molecule has 2 nitrogen and oxygen atoms in total. The number of nitrogens with one attached hydrogen (secondary N) is 1. The molecular weight excluding hydrogens is 174 g/mol. The highest BCUT2D eigenvalue weighted by molar-refractivity contribution is 5.22. The van der Waals surface area contributed by atoms with Gasteiger partial charge in [-0.05, 0) is 32.3 Å². The van der Waals surface area contributed by atoms with Crippen LogP contribution in [0, 0.1) is 6.92 Å². The topological polar surface area (TPSA) is 21.3 Å². The Hall–Kier alpha value is -0.860. The van der Waals surface area contributed by atoms with Crippen LogP contribution in [0.4, 0.5) is 0 Å². The van der Waals surface area contributed by atoms with Crippen molar-refractivity contribution in [1.82, 2.24) is 5.48 Å². The van der Waals surface area contributed by atoms with Crippen molar-refractivity contribution in [2.24, 2.45) is 0 Å². The van der Waals surface area contributed by atoms with Gasteiger partial charge in [-0.2, -0.15) is 0 Å². The third-order valence-corrected chi connectivity index (χ3v) is 2.27. The van der Waals surface area contributed by atoms with E-state index in [4.69, 9.17) is 4.84 Å². The maximum atomic E-state index is 4.87. The van der Waals surface area contributed by atoms with E-state index in [0.717, 1.165) is 12.8 Å². The molecule has 0 saturated carbocycles. The van der Waals surface area contributed by atoms with Crippen molar-refractivity contribution in [1.29, 1.82) is 0 Å². The fourth-order valence-corrected chi connectivity index (χ4v) is 1.51. The van der Waals surface area contributed by atoms with Gasteiger partial charge in [0.25, 0.3) is 0 Å². The van der Waals surface area contributed by atoms with E-state index in [1.54, 1.807) is 7.11 Å². The molecule has 0 aliphatic heterocycles. The summed E-state index contributed by atoms with van der Waals surface area (Å²) in [5.74, 6) is 0. The number of benzene rings is 1. The van der Waals surface area contributed by atoms with Gasteiger partial charge in [0.05, 0.1) is 7.11 Å². The number of aryl methyl sites for hydroxylation is 2. The molecule has 0 aromatic heterocycles. The summed E-state index contributed by atoms with van der Waals surface area (Å²) in [5, 5.41) is 0. The highest BCUT2D eigenvalue weighted by Crippen LogP contribution is 2.07. The summed E-state index contributed by atoms with van der Waals surface area (Å²) in [7, 11) is 1.66. The predicted octanol–water partition coefficient (Wildman–Crippen LogP) is 2.47. The van der Waals surface area contributed by atoms with Crippen LogP contribution in [-0.4, -0.2) is 13.2 Å². The molecule has 1 unspecified atom stereocenters. The zero-order chi connectivity index (χ0) is 10.4. The van der Waals surface area contributed by atoms with Gasteiger partial charge >= 0.3 is 0 Å². The van der Waals surface area contributed by atoms with Gasteiger partial charge in [-0.3, -0.25) is 0 Å². The fraction of sp³-hybridized carbons (Fsp3) is 0.500. The van der Waals surface area contributed by atoms with Crippen molar-refractivity contribution in [3.05, 3.63) is 35.4 Å². The summed E-state index contributed by atoms with van der Waals surface area (Å²) in [6, 6.07) is 9.05. The second-order valence-electron chi connectivity index (χ2n) is 3.75. The minimum atomic E-state index is 0.403. The molecule has 1 aromatic rings. The standard InChI is InChI=1S/C12H19NO/c1-10-5-4-6-12(9-10)8-7-11(2)13-14-3/h4-6,9,11,13H,7-8H2,1-3H3. The summed E-state index contributed by atoms with van der Waals surface area (Å²) >= 11 is 0. The maximum absolute atomic E-state index is 4.87. The number of rotatable bonds is 5. The molecule has 0 bridgehead atoms. The second kappa shape index (κ2) is 5.78. The Bertz CT molecular complexity index is 273. The molecule has 14 heavy (non-hydrogen) atoms. The van der Waals surface area contributed by atoms with Gasteiger partial charge in [-0.1, -0.05) is 29.8 Å². The molecule has 1 atom stereocenters. The molecule has 0 amide bonds. The minimum absolute atomic E-state index is 0.403. The first-order valence-electron chi connectivity index (χ1n) is 5.06. The predicted molar refractivity (Wildman–Crippen MR) is 59.1 cm³/mol. The largest absolute Gasteiger partial charge is 0.305 e. The SMILES string of the molecule is CONC(C)CCc1cccc(C)c1. The number of hydrogen-bond donors (Lipinski definition) is 1. The average molecular weight is 193 g/mol. The lowest BCUT2D eigenvalue weighted by Crippen LogP contribution is -2.25. The van der Waals surface area contributed by atoms with Crippen LogP contribution >= 0.6 is 0 Å². The summed E-state index contributed by atoms with van der Waals surface area (Å²) in [6.07, 6.45) is 2.19. The van der Waals surface area contributed by atoms with Crippen LogP contribution in [0.15, 0.2) is 24.3 Å². The lowest BCUT2D eigenvalue weighted by molar-refractivity contribution is 0.0637. The van der Waals surface area contributed by atoms with Crippen molar-refractivity contribution in [2.45, 2.75) is 32.7 Å². The summed E-state index contributed by atoms with van der Waals surface area (Å²) in [5.41, 5.74) is 5.66. The van der Waals surface area contributed by atoms with Gasteiger partial charge in [-0.25, -0.2) is 5.48 Å². The van der Waals surface area contributed by atoms with E-state index in [9.17, 15) is 0 Å². The van der Waals surface area contributed by atoms with Crippen molar-refractivity contribution in [3.63, 3.8) is 0 Å². The van der Waals surface area contributed by atoms with E-state index in [-0.39, 0.29) is 0 Å². The van der Waals surface area contributed by atoms with Crippen molar-refractivity contribution < 1.29 is 4.84 Å². The molecule has 0 aliphatic carbocycles. The van der Waals surface area contributed by atoms with E-state index in [1.165, 1.54) is 11.1 Å². The molecule has 0 radical (unpaired) electrons. The molecule has 1 rings (SSSR count). The molecule has 78 valence electrons. The normalized spacial score (nSPS) is 12.8. The molecular formula is C12H19NO. The van der Waals surface area contributed by atoms with Crippen molar-refractivity contribution >= 4 is 0 Å². The molecule has 0 spiro atoms. The van der Waals surface area contributed by atoms with Crippen LogP contribution in [0.1, 0.15) is 24.5 Å². The molecule has 0 fully saturated rings.